The van der Waals surface area contributed by atoms with Crippen LogP contribution in [0.25, 0.3) is 10.2 Å². The van der Waals surface area contributed by atoms with Crippen LogP contribution in [0.4, 0.5) is 0 Å². The summed E-state index contributed by atoms with van der Waals surface area (Å²) in [6.07, 6.45) is 1.58. The van der Waals surface area contributed by atoms with Crippen molar-refractivity contribution in [3.63, 3.8) is 0 Å². The molecule has 0 aliphatic carbocycles. The van der Waals surface area contributed by atoms with Crippen molar-refractivity contribution in [1.82, 2.24) is 9.97 Å². The molecule has 0 aromatic carbocycles. The Bertz CT molecular complexity index is 396. The van der Waals surface area contributed by atoms with Gasteiger partial charge in [-0.2, -0.15) is 0 Å². The second kappa shape index (κ2) is 2.53. The Morgan fingerprint density at radius 2 is 2.27 bits per heavy atom. The largest absolute Gasteiger partial charge is 0.235 e. The topological polar surface area (TPSA) is 25.8 Å². The summed E-state index contributed by atoms with van der Waals surface area (Å²) in [6.45, 7) is 2.05. The van der Waals surface area contributed by atoms with Gasteiger partial charge >= 0.3 is 0 Å². The Balaban J connectivity index is 2.94. The van der Waals surface area contributed by atoms with Crippen LogP contribution in [0.2, 0.25) is 0 Å². The van der Waals surface area contributed by atoms with Crippen LogP contribution in [0.15, 0.2) is 16.3 Å². The maximum absolute atomic E-state index is 4.17. The molecular formula is C7H5BrN2S. The van der Waals surface area contributed by atoms with Crippen molar-refractivity contribution in [3.8, 4) is 0 Å². The standard InChI is InChI=1S/C7H5BrN2S/c1-4-2-11-6-5(4)9-3-10-7(6)8/h2-3H,1H3. The predicted octanol–water partition coefficient (Wildman–Crippen LogP) is 2.76. The molecular weight excluding hydrogens is 224 g/mol. The molecule has 2 aromatic heterocycles. The molecule has 0 aliphatic heterocycles. The summed E-state index contributed by atoms with van der Waals surface area (Å²) < 4.78 is 2.02. The third kappa shape index (κ3) is 1.06. The van der Waals surface area contributed by atoms with Gasteiger partial charge in [0.05, 0.1) is 10.2 Å². The quantitative estimate of drug-likeness (QED) is 0.649. The summed E-state index contributed by atoms with van der Waals surface area (Å²) in [5.41, 5.74) is 2.27. The minimum Gasteiger partial charge on any atom is -0.235 e. The zero-order valence-corrected chi connectivity index (χ0v) is 8.24. The Hall–Kier alpha value is -0.480. The van der Waals surface area contributed by atoms with Crippen LogP contribution in [-0.2, 0) is 0 Å². The van der Waals surface area contributed by atoms with Gasteiger partial charge in [0.2, 0.25) is 0 Å². The van der Waals surface area contributed by atoms with Gasteiger partial charge in [0, 0.05) is 0 Å². The van der Waals surface area contributed by atoms with E-state index in [4.69, 9.17) is 0 Å². The molecule has 0 fully saturated rings. The molecule has 2 heterocycles. The number of aromatic nitrogens is 2. The lowest BCUT2D eigenvalue weighted by Crippen LogP contribution is -1.79. The smallest absolute Gasteiger partial charge is 0.127 e. The van der Waals surface area contributed by atoms with Gasteiger partial charge in [-0.05, 0) is 33.8 Å². The van der Waals surface area contributed by atoms with Crippen molar-refractivity contribution in [2.75, 3.05) is 0 Å². The molecule has 56 valence electrons. The predicted molar refractivity (Wildman–Crippen MR) is 49.9 cm³/mol. The zero-order valence-electron chi connectivity index (χ0n) is 5.84. The molecule has 4 heteroatoms. The summed E-state index contributed by atoms with van der Waals surface area (Å²) in [5, 5.41) is 2.09. The number of halogens is 1. The first-order chi connectivity index (χ1) is 5.29. The fourth-order valence-electron chi connectivity index (χ4n) is 0.941. The summed E-state index contributed by atoms with van der Waals surface area (Å²) in [7, 11) is 0. The highest BCUT2D eigenvalue weighted by molar-refractivity contribution is 9.10. The van der Waals surface area contributed by atoms with E-state index in [2.05, 4.69) is 38.2 Å². The Labute approximate surface area is 76.4 Å². The van der Waals surface area contributed by atoms with Crippen LogP contribution in [-0.4, -0.2) is 9.97 Å². The highest BCUT2D eigenvalue weighted by Gasteiger charge is 2.04. The van der Waals surface area contributed by atoms with Gasteiger partial charge in [0.1, 0.15) is 10.9 Å². The van der Waals surface area contributed by atoms with Crippen LogP contribution in [0.1, 0.15) is 5.56 Å². The summed E-state index contributed by atoms with van der Waals surface area (Å²) >= 11 is 5.04. The lowest BCUT2D eigenvalue weighted by Gasteiger charge is -1.90. The van der Waals surface area contributed by atoms with Gasteiger partial charge in [-0.25, -0.2) is 9.97 Å². The SMILES string of the molecule is Cc1csc2c(Br)ncnc12. The molecule has 0 amide bonds. The molecule has 2 aromatic rings. The first kappa shape index (κ1) is 7.18. The van der Waals surface area contributed by atoms with Gasteiger partial charge in [0.25, 0.3) is 0 Å². The zero-order chi connectivity index (χ0) is 7.84. The van der Waals surface area contributed by atoms with E-state index >= 15 is 0 Å². The monoisotopic (exact) mass is 228 g/mol. The van der Waals surface area contributed by atoms with Gasteiger partial charge in [-0.1, -0.05) is 0 Å². The van der Waals surface area contributed by atoms with Crippen LogP contribution >= 0.6 is 27.3 Å². The van der Waals surface area contributed by atoms with Crippen LogP contribution in [0.5, 0.6) is 0 Å². The molecule has 0 aliphatic rings. The molecule has 0 radical (unpaired) electrons. The van der Waals surface area contributed by atoms with Crippen molar-refractivity contribution in [3.05, 3.63) is 21.9 Å². The molecule has 0 saturated carbocycles. The van der Waals surface area contributed by atoms with E-state index in [1.54, 1.807) is 17.7 Å². The molecule has 0 N–H and O–H groups in total. The maximum atomic E-state index is 4.17. The summed E-state index contributed by atoms with van der Waals surface area (Å²) in [5.74, 6) is 0. The lowest BCUT2D eigenvalue weighted by molar-refractivity contribution is 1.19. The number of nitrogens with zero attached hydrogens (tertiary/aromatic N) is 2. The first-order valence-corrected chi connectivity index (χ1v) is 4.80. The van der Waals surface area contributed by atoms with E-state index in [0.717, 1.165) is 14.8 Å². The van der Waals surface area contributed by atoms with Crippen LogP contribution in [0, 0.1) is 6.92 Å². The maximum Gasteiger partial charge on any atom is 0.127 e. The summed E-state index contributed by atoms with van der Waals surface area (Å²) in [6, 6.07) is 0. The lowest BCUT2D eigenvalue weighted by atomic mass is 10.3. The van der Waals surface area contributed by atoms with Crippen molar-refractivity contribution < 1.29 is 0 Å². The Morgan fingerprint density at radius 1 is 1.45 bits per heavy atom. The number of rotatable bonds is 0. The molecule has 0 unspecified atom stereocenters. The molecule has 0 spiro atoms. The third-order valence-electron chi connectivity index (χ3n) is 1.49. The highest BCUT2D eigenvalue weighted by atomic mass is 79.9. The van der Waals surface area contributed by atoms with Gasteiger partial charge in [-0.15, -0.1) is 11.3 Å². The minimum atomic E-state index is 0.889. The van der Waals surface area contributed by atoms with Crippen LogP contribution in [0.3, 0.4) is 0 Å². The van der Waals surface area contributed by atoms with E-state index in [9.17, 15) is 0 Å². The average molecular weight is 229 g/mol. The minimum absolute atomic E-state index is 0.889. The molecule has 0 atom stereocenters. The molecule has 2 nitrogen and oxygen atoms in total. The van der Waals surface area contributed by atoms with Gasteiger partial charge in [-0.3, -0.25) is 0 Å². The Morgan fingerprint density at radius 3 is 3.00 bits per heavy atom. The summed E-state index contributed by atoms with van der Waals surface area (Å²) in [4.78, 5) is 8.21. The van der Waals surface area contributed by atoms with E-state index < -0.39 is 0 Å². The highest BCUT2D eigenvalue weighted by Crippen LogP contribution is 2.27. The van der Waals surface area contributed by atoms with E-state index in [1.165, 1.54) is 5.56 Å². The number of fused-ring (bicyclic) bond motifs is 1. The fraction of sp³-hybridized carbons (Fsp3) is 0.143. The average Bonchev–Trinajstić information content (AvgIpc) is 2.35. The van der Waals surface area contributed by atoms with Crippen LogP contribution < -0.4 is 0 Å². The van der Waals surface area contributed by atoms with Gasteiger partial charge in [0.15, 0.2) is 0 Å². The molecule has 0 saturated heterocycles. The number of aryl methyl sites for hydroxylation is 1. The van der Waals surface area contributed by atoms with E-state index in [0.29, 0.717) is 0 Å². The van der Waals surface area contributed by atoms with E-state index in [1.807, 2.05) is 0 Å². The van der Waals surface area contributed by atoms with Gasteiger partial charge < -0.3 is 0 Å². The molecule has 11 heavy (non-hydrogen) atoms. The van der Waals surface area contributed by atoms with Crippen molar-refractivity contribution in [2.24, 2.45) is 0 Å². The van der Waals surface area contributed by atoms with Crippen molar-refractivity contribution >= 4 is 37.5 Å². The second-order valence-corrected chi connectivity index (χ2v) is 3.89. The normalized spacial score (nSPS) is 10.7. The number of hydrogen-bond acceptors (Lipinski definition) is 3. The number of thiophene rings is 1. The third-order valence-corrected chi connectivity index (χ3v) is 3.44. The van der Waals surface area contributed by atoms with Crippen molar-refractivity contribution in [2.45, 2.75) is 6.92 Å². The Kier molecular flexibility index (Phi) is 1.65. The first-order valence-electron chi connectivity index (χ1n) is 3.13. The van der Waals surface area contributed by atoms with Crippen molar-refractivity contribution in [1.29, 1.82) is 0 Å². The molecule has 2 rings (SSSR count). The second-order valence-electron chi connectivity index (χ2n) is 2.26. The molecule has 0 bridgehead atoms. The fourth-order valence-corrected chi connectivity index (χ4v) is 2.38. The van der Waals surface area contributed by atoms with E-state index in [-0.39, 0.29) is 0 Å². The number of hydrogen-bond donors (Lipinski definition) is 0.